The van der Waals surface area contributed by atoms with Crippen molar-refractivity contribution in [3.63, 3.8) is 0 Å². The molecular formula is C38H47N. The van der Waals surface area contributed by atoms with E-state index in [2.05, 4.69) is 148 Å². The van der Waals surface area contributed by atoms with Gasteiger partial charge in [0.05, 0.1) is 0 Å². The molecule has 0 fully saturated rings. The third kappa shape index (κ3) is 10.2. The van der Waals surface area contributed by atoms with Gasteiger partial charge in [0, 0.05) is 23.0 Å². The van der Waals surface area contributed by atoms with Crippen molar-refractivity contribution in [3.05, 3.63) is 156 Å². The highest BCUT2D eigenvalue weighted by Crippen LogP contribution is 2.30. The molecule has 1 nitrogen and oxygen atoms in total. The zero-order valence-electron chi connectivity index (χ0n) is 24.3. The van der Waals surface area contributed by atoms with Crippen LogP contribution in [0.2, 0.25) is 0 Å². The van der Waals surface area contributed by atoms with Crippen LogP contribution in [0.3, 0.4) is 0 Å². The third-order valence-electron chi connectivity index (χ3n) is 7.12. The molecule has 0 aromatic heterocycles. The van der Waals surface area contributed by atoms with Crippen LogP contribution in [0.25, 0.3) is 0 Å². The molecule has 0 amide bonds. The topological polar surface area (TPSA) is 3.24 Å². The fourth-order valence-corrected chi connectivity index (χ4v) is 4.90. The third-order valence-corrected chi connectivity index (χ3v) is 7.12. The van der Waals surface area contributed by atoms with Gasteiger partial charge in [-0.15, -0.1) is 0 Å². The van der Waals surface area contributed by atoms with Crippen molar-refractivity contribution in [1.82, 2.24) is 4.90 Å². The van der Waals surface area contributed by atoms with Crippen molar-refractivity contribution in [2.75, 3.05) is 0 Å². The van der Waals surface area contributed by atoms with Gasteiger partial charge in [-0.1, -0.05) is 110 Å². The molecule has 3 rings (SSSR count). The van der Waals surface area contributed by atoms with Gasteiger partial charge in [0.2, 0.25) is 0 Å². The molecule has 39 heavy (non-hydrogen) atoms. The predicted octanol–water partition coefficient (Wildman–Crippen LogP) is 10.9. The lowest BCUT2D eigenvalue weighted by Gasteiger charge is -2.27. The molecule has 0 saturated heterocycles. The molecule has 0 aromatic rings. The summed E-state index contributed by atoms with van der Waals surface area (Å²) in [6, 6.07) is 0. The molecule has 0 spiro atoms. The van der Waals surface area contributed by atoms with E-state index >= 15 is 0 Å². The van der Waals surface area contributed by atoms with E-state index in [9.17, 15) is 0 Å². The maximum Gasteiger partial charge on any atom is 0.0455 e. The van der Waals surface area contributed by atoms with E-state index in [4.69, 9.17) is 0 Å². The lowest BCUT2D eigenvalue weighted by molar-refractivity contribution is 0.561. The quantitative estimate of drug-likeness (QED) is 0.217. The molecule has 0 aromatic carbocycles. The predicted molar refractivity (Wildman–Crippen MR) is 173 cm³/mol. The highest BCUT2D eigenvalue weighted by molar-refractivity contribution is 5.39. The van der Waals surface area contributed by atoms with E-state index in [0.717, 1.165) is 55.6 Å². The summed E-state index contributed by atoms with van der Waals surface area (Å²) in [6.45, 7) is 10.7. The van der Waals surface area contributed by atoms with Crippen molar-refractivity contribution in [2.45, 2.75) is 65.7 Å². The Kier molecular flexibility index (Phi) is 13.1. The van der Waals surface area contributed by atoms with Crippen molar-refractivity contribution < 1.29 is 0 Å². The molecule has 0 heterocycles. The number of rotatable bonds is 9. The second-order valence-corrected chi connectivity index (χ2v) is 10.3. The number of nitrogens with zero attached hydrogens (tertiary/aromatic N) is 1. The molecule has 0 N–H and O–H groups in total. The van der Waals surface area contributed by atoms with E-state index in [1.807, 2.05) is 6.08 Å². The van der Waals surface area contributed by atoms with Gasteiger partial charge in [0.1, 0.15) is 0 Å². The highest BCUT2D eigenvalue weighted by Gasteiger charge is 2.15. The summed E-state index contributed by atoms with van der Waals surface area (Å²) < 4.78 is 0. The fraction of sp³-hybridized carbons (Fsp3) is 0.316. The summed E-state index contributed by atoms with van der Waals surface area (Å²) in [5.41, 5.74) is 6.14. The molecule has 1 heteroatoms. The van der Waals surface area contributed by atoms with Crippen molar-refractivity contribution in [3.8, 4) is 0 Å². The minimum Gasteiger partial charge on any atom is -0.315 e. The highest BCUT2D eigenvalue weighted by atomic mass is 15.2. The van der Waals surface area contributed by atoms with Crippen molar-refractivity contribution in [2.24, 2.45) is 11.8 Å². The zero-order chi connectivity index (χ0) is 27.7. The Morgan fingerprint density at radius 2 is 1.87 bits per heavy atom. The normalized spacial score (nSPS) is 26.7. The van der Waals surface area contributed by atoms with Gasteiger partial charge in [-0.2, -0.15) is 0 Å². The minimum atomic E-state index is 0.403. The summed E-state index contributed by atoms with van der Waals surface area (Å²) in [7, 11) is 0. The summed E-state index contributed by atoms with van der Waals surface area (Å²) >= 11 is 0. The number of hydrogen-bond donors (Lipinski definition) is 0. The second-order valence-electron chi connectivity index (χ2n) is 10.3. The van der Waals surface area contributed by atoms with Crippen LogP contribution >= 0.6 is 0 Å². The Morgan fingerprint density at radius 3 is 2.67 bits per heavy atom. The Labute approximate surface area is 238 Å². The second kappa shape index (κ2) is 17.1. The molecule has 204 valence electrons. The van der Waals surface area contributed by atoms with Crippen LogP contribution in [0.15, 0.2) is 156 Å². The molecule has 3 aliphatic carbocycles. The van der Waals surface area contributed by atoms with Gasteiger partial charge in [0.15, 0.2) is 0 Å². The fourth-order valence-electron chi connectivity index (χ4n) is 4.90. The van der Waals surface area contributed by atoms with Crippen molar-refractivity contribution >= 4 is 0 Å². The standard InChI is InChI=1S/C38H47N/c1-5-7-15-20-33(4)39(38-24-16-13-11-9-8-10-12-14-17-25-38)37(6-2)26-19-22-34-21-18-23-36(31-34)35-29-27-32(3)28-30-35/h6-7,9,11,14-20,22-29,31,34-35H,2,5,8,10,12-13,21,30H2,1,3-4H3/b11-9-,15-7-,17-14+,22-19+,24-16-,33-20+,37-26+,38-25+. The van der Waals surface area contributed by atoms with E-state index in [1.54, 1.807) is 0 Å². The molecule has 3 aliphatic rings. The van der Waals surface area contributed by atoms with Gasteiger partial charge in [-0.05, 0) is 101 Å². The van der Waals surface area contributed by atoms with Gasteiger partial charge in [-0.3, -0.25) is 0 Å². The Morgan fingerprint density at radius 1 is 1.00 bits per heavy atom. The monoisotopic (exact) mass is 517 g/mol. The average Bonchev–Trinajstić information content (AvgIpc) is 2.94. The maximum absolute atomic E-state index is 4.20. The Hall–Kier alpha value is -3.58. The first-order chi connectivity index (χ1) is 19.1. The zero-order valence-corrected chi connectivity index (χ0v) is 24.3. The molecule has 0 aliphatic heterocycles. The average molecular weight is 518 g/mol. The lowest BCUT2D eigenvalue weighted by Crippen LogP contribution is -2.18. The van der Waals surface area contributed by atoms with Crippen LogP contribution in [0, 0.1) is 11.8 Å². The smallest absolute Gasteiger partial charge is 0.0455 e. The minimum absolute atomic E-state index is 0.403. The molecule has 2 atom stereocenters. The van der Waals surface area contributed by atoms with Crippen LogP contribution < -0.4 is 0 Å². The van der Waals surface area contributed by atoms with Crippen molar-refractivity contribution in [1.29, 1.82) is 0 Å². The van der Waals surface area contributed by atoms with E-state index in [1.165, 1.54) is 17.6 Å². The number of allylic oxidation sites excluding steroid dienone is 23. The summed E-state index contributed by atoms with van der Waals surface area (Å²) in [5.74, 6) is 0.892. The molecule has 0 saturated carbocycles. The summed E-state index contributed by atoms with van der Waals surface area (Å²) in [4.78, 5) is 2.30. The molecular weight excluding hydrogens is 470 g/mol. The van der Waals surface area contributed by atoms with Crippen LogP contribution in [0.5, 0.6) is 0 Å². The van der Waals surface area contributed by atoms with E-state index in [0.29, 0.717) is 11.8 Å². The van der Waals surface area contributed by atoms with Crippen LogP contribution in [-0.2, 0) is 0 Å². The van der Waals surface area contributed by atoms with Gasteiger partial charge in [0.25, 0.3) is 0 Å². The van der Waals surface area contributed by atoms with Gasteiger partial charge < -0.3 is 4.90 Å². The van der Waals surface area contributed by atoms with E-state index < -0.39 is 0 Å². The lowest BCUT2D eigenvalue weighted by atomic mass is 9.84. The molecule has 0 bridgehead atoms. The Bertz CT molecular complexity index is 1180. The van der Waals surface area contributed by atoms with Gasteiger partial charge in [-0.25, -0.2) is 0 Å². The SMILES string of the molecule is C=C/C(=C\C=C\C1C=C(C2C=CC(C)=CC2)C=CC1)N(/C(C)=C/C=C\CC)C1=C/C=C/CCC/C=C\C/C=C\1. The van der Waals surface area contributed by atoms with Gasteiger partial charge >= 0.3 is 0 Å². The van der Waals surface area contributed by atoms with E-state index in [-0.39, 0.29) is 0 Å². The first-order valence-electron chi connectivity index (χ1n) is 14.7. The van der Waals surface area contributed by atoms with Crippen LogP contribution in [-0.4, -0.2) is 4.90 Å². The summed E-state index contributed by atoms with van der Waals surface area (Å²) in [5, 5.41) is 0. The van der Waals surface area contributed by atoms with Crippen LogP contribution in [0.1, 0.15) is 65.7 Å². The maximum atomic E-state index is 4.20. The first kappa shape index (κ1) is 30.0. The number of hydrogen-bond acceptors (Lipinski definition) is 1. The first-order valence-corrected chi connectivity index (χ1v) is 14.7. The molecule has 2 unspecified atom stereocenters. The largest absolute Gasteiger partial charge is 0.315 e. The van der Waals surface area contributed by atoms with Crippen LogP contribution in [0.4, 0.5) is 0 Å². The summed E-state index contributed by atoms with van der Waals surface area (Å²) in [6.07, 6.45) is 52.5. The molecule has 0 radical (unpaired) electrons. The Balaban J connectivity index is 1.88.